The van der Waals surface area contributed by atoms with E-state index in [2.05, 4.69) is 0 Å². The number of rotatable bonds is 3. The summed E-state index contributed by atoms with van der Waals surface area (Å²) in [6.07, 6.45) is -7.23. The van der Waals surface area contributed by atoms with Crippen LogP contribution in [0.25, 0.3) is 0 Å². The van der Waals surface area contributed by atoms with E-state index >= 15 is 0 Å². The van der Waals surface area contributed by atoms with Crippen LogP contribution in [0.2, 0.25) is 0 Å². The van der Waals surface area contributed by atoms with Crippen molar-refractivity contribution in [2.24, 2.45) is 0 Å². The Morgan fingerprint density at radius 3 is 1.45 bits per heavy atom. The van der Waals surface area contributed by atoms with E-state index in [0.29, 0.717) is 5.82 Å². The molecule has 0 saturated heterocycles. The zero-order chi connectivity index (χ0) is 18.1. The average molecular weight is 354 g/mol. The Labute approximate surface area is 113 Å². The van der Waals surface area contributed by atoms with Crippen LogP contribution in [-0.4, -0.2) is 31.2 Å². The largest absolute Gasteiger partial charge is 0.628 e. The number of hydrogen-bond acceptors (Lipinski definition) is 0. The van der Waals surface area contributed by atoms with Crippen LogP contribution >= 0.6 is 0 Å². The number of hydrogen-bond donors (Lipinski definition) is 0. The molecule has 0 radical (unpaired) electrons. The third kappa shape index (κ3) is 3.44. The lowest BCUT2D eigenvalue weighted by molar-refractivity contribution is -0.391. The first-order valence-corrected chi connectivity index (χ1v) is 4.55. The molecule has 0 saturated carbocycles. The Balaban J connectivity index is 6.03. The van der Waals surface area contributed by atoms with Gasteiger partial charge in [-0.1, -0.05) is 5.82 Å². The van der Waals surface area contributed by atoms with Gasteiger partial charge >= 0.3 is 31.2 Å². The highest BCUT2D eigenvalue weighted by Gasteiger charge is 2.83. The van der Waals surface area contributed by atoms with Crippen molar-refractivity contribution in [1.82, 2.24) is 0 Å². The molecule has 0 nitrogen and oxygen atoms in total. The topological polar surface area (TPSA) is 0 Å². The van der Waals surface area contributed by atoms with Gasteiger partial charge in [0.1, 0.15) is 0 Å². The van der Waals surface area contributed by atoms with Crippen LogP contribution in [0.4, 0.5) is 56.9 Å². The van der Waals surface area contributed by atoms with Crippen molar-refractivity contribution in [1.29, 1.82) is 0 Å². The normalized spacial score (nSPS) is 15.0. The van der Waals surface area contributed by atoms with Gasteiger partial charge in [-0.15, -0.1) is 0 Å². The summed E-state index contributed by atoms with van der Waals surface area (Å²) in [4.78, 5) is 0. The lowest BCUT2D eigenvalue weighted by atomic mass is 10.00. The maximum Gasteiger partial charge on any atom is 0.628 e. The molecule has 0 aromatic heterocycles. The highest BCUT2D eigenvalue weighted by Crippen LogP contribution is 2.55. The Morgan fingerprint density at radius 2 is 1.14 bits per heavy atom. The predicted molar refractivity (Wildman–Crippen MR) is 45.9 cm³/mol. The van der Waals surface area contributed by atoms with Gasteiger partial charge in [-0.05, 0) is 5.92 Å². The van der Waals surface area contributed by atoms with Gasteiger partial charge in [0.25, 0.3) is 0 Å². The van der Waals surface area contributed by atoms with Crippen molar-refractivity contribution in [2.75, 3.05) is 0 Å². The Morgan fingerprint density at radius 1 is 0.727 bits per heavy atom. The van der Waals surface area contributed by atoms with Gasteiger partial charge in [0.15, 0.2) is 0 Å². The van der Waals surface area contributed by atoms with Crippen LogP contribution in [-0.2, 0) is 0 Å². The van der Waals surface area contributed by atoms with E-state index in [4.69, 9.17) is 0 Å². The summed E-state index contributed by atoms with van der Waals surface area (Å²) < 4.78 is 158. The van der Waals surface area contributed by atoms with E-state index in [1.54, 1.807) is 0 Å². The fourth-order valence-electron chi connectivity index (χ4n) is 0.824. The molecule has 126 valence electrons. The Bertz CT molecular complexity index is 502. The van der Waals surface area contributed by atoms with Gasteiger partial charge in [0, 0.05) is 0 Å². The minimum Gasteiger partial charge on any atom is -0.273 e. The molecule has 0 rings (SSSR count). The third-order valence-electron chi connectivity index (χ3n) is 1.90. The van der Waals surface area contributed by atoms with Crippen molar-refractivity contribution in [3.8, 4) is 11.7 Å². The highest BCUT2D eigenvalue weighted by molar-refractivity contribution is 6.53. The van der Waals surface area contributed by atoms with Crippen molar-refractivity contribution in [2.45, 2.75) is 23.9 Å². The highest BCUT2D eigenvalue weighted by atomic mass is 19.4. The average Bonchev–Trinajstić information content (AvgIpc) is 2.32. The molecular formula is C8BF13. The minimum atomic E-state index is -7.45. The second-order valence-corrected chi connectivity index (χ2v) is 3.42. The van der Waals surface area contributed by atoms with E-state index in [0.717, 1.165) is 0 Å². The Kier molecular flexibility index (Phi) is 5.50. The van der Waals surface area contributed by atoms with Crippen molar-refractivity contribution in [3.63, 3.8) is 0 Å². The summed E-state index contributed by atoms with van der Waals surface area (Å²) in [5.74, 6) is -28.8. The van der Waals surface area contributed by atoms with Gasteiger partial charge in [0.2, 0.25) is 11.7 Å². The van der Waals surface area contributed by atoms with E-state index in [9.17, 15) is 56.9 Å². The summed E-state index contributed by atoms with van der Waals surface area (Å²) in [5.41, 5.74) is 0. The van der Waals surface area contributed by atoms with Crippen LogP contribution in [0.1, 0.15) is 0 Å². The molecule has 0 bridgehead atoms. The summed E-state index contributed by atoms with van der Waals surface area (Å²) in [6, 6.07) is 0. The van der Waals surface area contributed by atoms with Gasteiger partial charge in [-0.25, -0.2) is 4.39 Å². The molecule has 0 aliphatic rings. The SMILES string of the molecule is FB(F)C#C/C(F)=C(\F)C(F)(F)C(F)(F)C(F)(F)C(F)(F)F. The summed E-state index contributed by atoms with van der Waals surface area (Å²) >= 11 is 0. The molecule has 0 fully saturated rings. The zero-order valence-electron chi connectivity index (χ0n) is 9.49. The van der Waals surface area contributed by atoms with E-state index < -0.39 is 42.9 Å². The molecule has 0 aliphatic heterocycles. The molecule has 0 unspecified atom stereocenters. The van der Waals surface area contributed by atoms with E-state index in [1.165, 1.54) is 0 Å². The van der Waals surface area contributed by atoms with E-state index in [1.807, 2.05) is 0 Å². The lowest BCUT2D eigenvalue weighted by Crippen LogP contribution is -2.61. The second kappa shape index (κ2) is 5.92. The van der Waals surface area contributed by atoms with Crippen LogP contribution in [0.3, 0.4) is 0 Å². The van der Waals surface area contributed by atoms with Crippen molar-refractivity contribution >= 4 is 7.27 Å². The predicted octanol–water partition coefficient (Wildman–Crippen LogP) is 4.58. The van der Waals surface area contributed by atoms with Crippen LogP contribution in [0, 0.1) is 11.7 Å². The third-order valence-corrected chi connectivity index (χ3v) is 1.90. The first-order valence-electron chi connectivity index (χ1n) is 4.55. The summed E-state index contributed by atoms with van der Waals surface area (Å²) in [7, 11) is -3.75. The van der Waals surface area contributed by atoms with Gasteiger partial charge in [0.05, 0.1) is 0 Å². The van der Waals surface area contributed by atoms with Crippen LogP contribution in [0.15, 0.2) is 11.7 Å². The quantitative estimate of drug-likeness (QED) is 0.396. The lowest BCUT2D eigenvalue weighted by Gasteiger charge is -2.32. The monoisotopic (exact) mass is 354 g/mol. The molecule has 22 heavy (non-hydrogen) atoms. The number of alkyl halides is 9. The molecule has 0 aliphatic carbocycles. The molecule has 0 aromatic rings. The minimum absolute atomic E-state index is 0.249. The smallest absolute Gasteiger partial charge is 0.273 e. The first-order chi connectivity index (χ1) is 9.50. The van der Waals surface area contributed by atoms with Crippen molar-refractivity contribution in [3.05, 3.63) is 11.7 Å². The fourth-order valence-corrected chi connectivity index (χ4v) is 0.824. The van der Waals surface area contributed by atoms with Gasteiger partial charge < -0.3 is 0 Å². The molecule has 0 spiro atoms. The molecule has 0 atom stereocenters. The number of halogens is 13. The molecular weight excluding hydrogens is 354 g/mol. The maximum absolute atomic E-state index is 12.7. The Hall–Kier alpha value is -1.55. The first kappa shape index (κ1) is 20.5. The van der Waals surface area contributed by atoms with Gasteiger partial charge in [-0.2, -0.15) is 43.9 Å². The molecule has 0 N–H and O–H groups in total. The molecule has 14 heteroatoms. The zero-order valence-corrected chi connectivity index (χ0v) is 9.49. The van der Waals surface area contributed by atoms with E-state index in [-0.39, 0.29) is 5.92 Å². The van der Waals surface area contributed by atoms with Crippen LogP contribution in [0.5, 0.6) is 0 Å². The standard InChI is InChI=1S/C8BF13/c10-3(1-2-9(21)22)4(11)5(12,13)6(14,15)7(16,17)8(18,19)20/b4-3+. The fraction of sp³-hybridized carbons (Fsp3) is 0.500. The molecule has 0 aromatic carbocycles. The van der Waals surface area contributed by atoms with Crippen molar-refractivity contribution < 1.29 is 56.9 Å². The summed E-state index contributed by atoms with van der Waals surface area (Å²) in [5, 5.41) is 0. The number of allylic oxidation sites excluding steroid dienone is 2. The molecule has 0 heterocycles. The van der Waals surface area contributed by atoms with Crippen LogP contribution < -0.4 is 0 Å². The maximum atomic E-state index is 12.7. The van der Waals surface area contributed by atoms with Gasteiger partial charge in [-0.3, -0.25) is 8.63 Å². The summed E-state index contributed by atoms with van der Waals surface area (Å²) in [6.45, 7) is 0. The second-order valence-electron chi connectivity index (χ2n) is 3.42. The molecule has 0 amide bonds.